The fourth-order valence-corrected chi connectivity index (χ4v) is 3.17. The van der Waals surface area contributed by atoms with Gasteiger partial charge in [-0.15, -0.1) is 0 Å². The molecule has 2 rings (SSSR count). The van der Waals surface area contributed by atoms with Crippen molar-refractivity contribution >= 4 is 11.9 Å². The fraction of sp³-hybridized carbons (Fsp3) is 0.407. The lowest BCUT2D eigenvalue weighted by Crippen LogP contribution is -2.52. The van der Waals surface area contributed by atoms with Crippen molar-refractivity contribution in [3.63, 3.8) is 0 Å². The Bertz CT molecular complexity index is 895. The van der Waals surface area contributed by atoms with Crippen molar-refractivity contribution in [1.82, 2.24) is 10.6 Å². The van der Waals surface area contributed by atoms with Crippen molar-refractivity contribution in [3.05, 3.63) is 84.1 Å². The fourth-order valence-electron chi connectivity index (χ4n) is 3.17. The van der Waals surface area contributed by atoms with Gasteiger partial charge in [0.25, 0.3) is 0 Å². The van der Waals surface area contributed by atoms with Crippen molar-refractivity contribution in [2.75, 3.05) is 6.61 Å². The minimum atomic E-state index is -0.825. The van der Waals surface area contributed by atoms with E-state index in [4.69, 9.17) is 9.47 Å². The van der Waals surface area contributed by atoms with Gasteiger partial charge in [0.05, 0.1) is 18.2 Å². The summed E-state index contributed by atoms with van der Waals surface area (Å²) in [5.41, 5.74) is 1.62. The summed E-state index contributed by atoms with van der Waals surface area (Å²) in [5, 5.41) is 6.04. The van der Waals surface area contributed by atoms with Gasteiger partial charge in [-0.2, -0.15) is 0 Å². The third kappa shape index (κ3) is 9.49. The Morgan fingerprint density at radius 3 is 2.03 bits per heavy atom. The maximum atomic E-state index is 12.9. The Labute approximate surface area is 197 Å². The summed E-state index contributed by atoms with van der Waals surface area (Å²) < 4.78 is 11.0. The molecule has 0 spiro atoms. The van der Waals surface area contributed by atoms with Crippen LogP contribution in [0.1, 0.15) is 45.2 Å². The smallest absolute Gasteiger partial charge is 0.408 e. The summed E-state index contributed by atoms with van der Waals surface area (Å²) in [6.45, 7) is 12.4. The molecule has 2 N–H and O–H groups in total. The van der Waals surface area contributed by atoms with Crippen LogP contribution < -0.4 is 10.6 Å². The lowest BCUT2D eigenvalue weighted by atomic mass is 9.96. The van der Waals surface area contributed by atoms with Crippen LogP contribution in [0.2, 0.25) is 0 Å². The molecule has 0 fully saturated rings. The minimum absolute atomic E-state index is 0.000461. The second-order valence-corrected chi connectivity index (χ2v) is 9.06. The first-order valence-corrected chi connectivity index (χ1v) is 11.3. The van der Waals surface area contributed by atoms with Gasteiger partial charge >= 0.3 is 6.09 Å². The molecule has 2 aromatic carbocycles. The molecule has 0 aromatic heterocycles. The zero-order valence-corrected chi connectivity index (χ0v) is 20.1. The van der Waals surface area contributed by atoms with Gasteiger partial charge in [-0.1, -0.05) is 81.1 Å². The highest BCUT2D eigenvalue weighted by Gasteiger charge is 2.29. The van der Waals surface area contributed by atoms with Gasteiger partial charge in [0.2, 0.25) is 0 Å². The number of ketones is 1. The molecular formula is C27H36N2O4. The van der Waals surface area contributed by atoms with Crippen molar-refractivity contribution in [3.8, 4) is 0 Å². The average Bonchev–Trinajstić information content (AvgIpc) is 2.78. The van der Waals surface area contributed by atoms with Crippen LogP contribution in [0.25, 0.3) is 0 Å². The number of nitrogens with one attached hydrogen (secondary N) is 2. The van der Waals surface area contributed by atoms with Crippen molar-refractivity contribution in [1.29, 1.82) is 0 Å². The summed E-state index contributed by atoms with van der Waals surface area (Å²) in [6, 6.07) is 18.7. The summed E-state index contributed by atoms with van der Waals surface area (Å²) in [7, 11) is 0. The van der Waals surface area contributed by atoms with Gasteiger partial charge in [-0.3, -0.25) is 4.79 Å². The summed E-state index contributed by atoms with van der Waals surface area (Å²) in [4.78, 5) is 25.2. The zero-order valence-electron chi connectivity index (χ0n) is 20.1. The van der Waals surface area contributed by atoms with E-state index in [0.29, 0.717) is 24.6 Å². The van der Waals surface area contributed by atoms with Gasteiger partial charge in [0.15, 0.2) is 5.78 Å². The average molecular weight is 453 g/mol. The molecule has 0 aliphatic heterocycles. The molecule has 0 aliphatic carbocycles. The molecule has 0 heterocycles. The van der Waals surface area contributed by atoms with E-state index in [0.717, 1.165) is 11.1 Å². The molecule has 178 valence electrons. The predicted molar refractivity (Wildman–Crippen MR) is 130 cm³/mol. The Morgan fingerprint density at radius 2 is 1.48 bits per heavy atom. The first-order chi connectivity index (χ1) is 15.7. The number of carbonyl (C=O) groups is 2. The Morgan fingerprint density at radius 1 is 0.939 bits per heavy atom. The number of carbonyl (C=O) groups excluding carboxylic acids is 2. The van der Waals surface area contributed by atoms with Gasteiger partial charge in [0.1, 0.15) is 13.2 Å². The number of hydrogen-bond acceptors (Lipinski definition) is 5. The highest BCUT2D eigenvalue weighted by Crippen LogP contribution is 2.16. The Balaban J connectivity index is 1.88. The molecule has 1 unspecified atom stereocenters. The van der Waals surface area contributed by atoms with E-state index in [2.05, 4.69) is 31.1 Å². The molecule has 2 aromatic rings. The van der Waals surface area contributed by atoms with Gasteiger partial charge < -0.3 is 20.1 Å². The molecule has 0 aliphatic rings. The van der Waals surface area contributed by atoms with Crippen LogP contribution in [0, 0.1) is 5.92 Å². The van der Waals surface area contributed by atoms with E-state index >= 15 is 0 Å². The second-order valence-electron chi connectivity index (χ2n) is 9.06. The number of rotatable bonds is 13. The second kappa shape index (κ2) is 12.8. The molecular weight excluding hydrogens is 416 g/mol. The lowest BCUT2D eigenvalue weighted by molar-refractivity contribution is -0.126. The molecule has 0 saturated carbocycles. The minimum Gasteiger partial charge on any atom is -0.445 e. The van der Waals surface area contributed by atoms with Crippen LogP contribution in [0.15, 0.2) is 72.9 Å². The molecule has 0 radical (unpaired) electrons. The van der Waals surface area contributed by atoms with Gasteiger partial charge in [-0.05, 0) is 37.3 Å². The number of hydrogen-bond donors (Lipinski definition) is 2. The number of amides is 1. The van der Waals surface area contributed by atoms with E-state index in [1.807, 2.05) is 74.5 Å². The molecule has 6 nitrogen and oxygen atoms in total. The van der Waals surface area contributed by atoms with Crippen LogP contribution in [-0.4, -0.2) is 30.1 Å². The third-order valence-electron chi connectivity index (χ3n) is 5.18. The number of alkyl carbamates (subject to hydrolysis) is 1. The SMILES string of the molecule is C=C(NC(CC(C)C)C(=O)COCc1ccccc1)C(C)(C)NC(=O)OCc1ccccc1. The number of ether oxygens (including phenoxy) is 2. The summed E-state index contributed by atoms with van der Waals surface area (Å²) in [5.74, 6) is 0.239. The Hall–Kier alpha value is -3.12. The molecule has 0 saturated heterocycles. The van der Waals surface area contributed by atoms with Gasteiger partial charge in [-0.25, -0.2) is 4.79 Å². The molecule has 6 heteroatoms. The highest BCUT2D eigenvalue weighted by molar-refractivity contribution is 5.85. The van der Waals surface area contributed by atoms with E-state index in [1.54, 1.807) is 0 Å². The first kappa shape index (κ1) is 26.1. The first-order valence-electron chi connectivity index (χ1n) is 11.3. The van der Waals surface area contributed by atoms with E-state index in [1.165, 1.54) is 0 Å². The van der Waals surface area contributed by atoms with Crippen LogP contribution in [0.3, 0.4) is 0 Å². The summed E-state index contributed by atoms with van der Waals surface area (Å²) >= 11 is 0. The molecule has 1 atom stereocenters. The van der Waals surface area contributed by atoms with Crippen LogP contribution in [-0.2, 0) is 27.5 Å². The van der Waals surface area contributed by atoms with E-state index < -0.39 is 17.7 Å². The normalized spacial score (nSPS) is 12.2. The van der Waals surface area contributed by atoms with Gasteiger partial charge in [0, 0.05) is 5.70 Å². The van der Waals surface area contributed by atoms with Crippen LogP contribution in [0.5, 0.6) is 0 Å². The molecule has 33 heavy (non-hydrogen) atoms. The van der Waals surface area contributed by atoms with Crippen molar-refractivity contribution in [2.24, 2.45) is 5.92 Å². The number of benzene rings is 2. The van der Waals surface area contributed by atoms with E-state index in [-0.39, 0.29) is 19.0 Å². The Kier molecular flexibility index (Phi) is 10.1. The van der Waals surface area contributed by atoms with E-state index in [9.17, 15) is 9.59 Å². The van der Waals surface area contributed by atoms with Crippen LogP contribution in [0.4, 0.5) is 4.79 Å². The monoisotopic (exact) mass is 452 g/mol. The quantitative estimate of drug-likeness (QED) is 0.447. The maximum absolute atomic E-state index is 12.9. The summed E-state index contributed by atoms with van der Waals surface area (Å²) in [6.07, 6.45) is 0.0749. The van der Waals surface area contributed by atoms with Crippen LogP contribution >= 0.6 is 0 Å². The maximum Gasteiger partial charge on any atom is 0.408 e. The lowest BCUT2D eigenvalue weighted by Gasteiger charge is -2.32. The molecule has 1 amide bonds. The van der Waals surface area contributed by atoms with Crippen molar-refractivity contribution < 1.29 is 19.1 Å². The predicted octanol–water partition coefficient (Wildman–Crippen LogP) is 5.00. The van der Waals surface area contributed by atoms with Crippen molar-refractivity contribution in [2.45, 2.75) is 58.9 Å². The topological polar surface area (TPSA) is 76.7 Å². The molecule has 0 bridgehead atoms. The zero-order chi connectivity index (χ0) is 24.3. The largest absolute Gasteiger partial charge is 0.445 e. The third-order valence-corrected chi connectivity index (χ3v) is 5.18. The highest BCUT2D eigenvalue weighted by atomic mass is 16.5. The standard InChI is InChI=1S/C27H36N2O4/c1-20(2)16-24(25(30)19-32-17-22-12-8-6-9-13-22)28-21(3)27(4,5)29-26(31)33-18-23-14-10-7-11-15-23/h6-15,20,24,28H,3,16-19H2,1-2,4-5H3,(H,29,31). The number of Topliss-reactive ketones (excluding diaryl/α,β-unsaturated/α-hetero) is 1.